The number of thioether (sulfide) groups is 1. The molecule has 1 aliphatic rings. The van der Waals surface area contributed by atoms with Crippen LogP contribution in [0.2, 0.25) is 0 Å². The highest BCUT2D eigenvalue weighted by Crippen LogP contribution is 2.25. The molecule has 0 spiro atoms. The van der Waals surface area contributed by atoms with Crippen LogP contribution in [0.4, 0.5) is 0 Å². The molecule has 0 radical (unpaired) electrons. The third-order valence-electron chi connectivity index (χ3n) is 3.52. The molecule has 2 rings (SSSR count). The Bertz CT molecular complexity index is 399. The summed E-state index contributed by atoms with van der Waals surface area (Å²) in [5.74, 6) is 0. The van der Waals surface area contributed by atoms with Crippen molar-refractivity contribution < 1.29 is 10.2 Å². The maximum Gasteiger partial charge on any atom is 0.100 e. The van der Waals surface area contributed by atoms with Gasteiger partial charge in [0.25, 0.3) is 0 Å². The molecule has 0 saturated carbocycles. The van der Waals surface area contributed by atoms with Gasteiger partial charge in [0.2, 0.25) is 0 Å². The third kappa shape index (κ3) is 3.26. The Kier molecular flexibility index (Phi) is 4.67. The van der Waals surface area contributed by atoms with Gasteiger partial charge in [-0.15, -0.1) is 11.8 Å². The lowest BCUT2D eigenvalue weighted by molar-refractivity contribution is -0.0688. The highest BCUT2D eigenvalue weighted by molar-refractivity contribution is 7.98. The van der Waals surface area contributed by atoms with Crippen LogP contribution in [0.1, 0.15) is 18.4 Å². The number of piperidine rings is 1. The molecule has 1 aromatic rings. The van der Waals surface area contributed by atoms with Crippen molar-refractivity contribution in [3.8, 4) is 0 Å². The molecule has 1 atom stereocenters. The van der Waals surface area contributed by atoms with Crippen LogP contribution >= 0.6 is 11.8 Å². The minimum atomic E-state index is -0.910. The standard InChI is InChI=1S/C14H21NO2S/c1-18-13-6-3-2-5-12(13)9-15-8-4-7-14(17,10-15)11-16/h2-3,5-6,16-17H,4,7-11H2,1H3/t14-/m0/s1. The number of aliphatic hydroxyl groups excluding tert-OH is 1. The molecule has 1 aromatic carbocycles. The van der Waals surface area contributed by atoms with Crippen LogP contribution in [-0.4, -0.2) is 46.7 Å². The third-order valence-corrected chi connectivity index (χ3v) is 4.35. The first-order valence-corrected chi connectivity index (χ1v) is 7.57. The van der Waals surface area contributed by atoms with E-state index < -0.39 is 5.60 Å². The number of hydrogen-bond donors (Lipinski definition) is 2. The van der Waals surface area contributed by atoms with E-state index in [1.54, 1.807) is 11.8 Å². The van der Waals surface area contributed by atoms with Gasteiger partial charge in [-0.3, -0.25) is 4.90 Å². The molecule has 0 amide bonds. The van der Waals surface area contributed by atoms with Gasteiger partial charge in [-0.1, -0.05) is 18.2 Å². The molecule has 0 aliphatic carbocycles. The highest BCUT2D eigenvalue weighted by atomic mass is 32.2. The maximum atomic E-state index is 10.2. The summed E-state index contributed by atoms with van der Waals surface area (Å²) in [6, 6.07) is 8.37. The van der Waals surface area contributed by atoms with E-state index in [2.05, 4.69) is 35.4 Å². The molecular formula is C14H21NO2S. The number of β-amino-alcohol motifs (C(OH)–C–C–N with tert-alkyl or cyclic N) is 1. The summed E-state index contributed by atoms with van der Waals surface area (Å²) in [6.45, 7) is 2.25. The Morgan fingerprint density at radius 2 is 2.17 bits per heavy atom. The van der Waals surface area contributed by atoms with Crippen LogP contribution in [0, 0.1) is 0 Å². The minimum absolute atomic E-state index is 0.145. The number of benzene rings is 1. The van der Waals surface area contributed by atoms with Crippen LogP contribution in [0.5, 0.6) is 0 Å². The first-order valence-electron chi connectivity index (χ1n) is 6.34. The van der Waals surface area contributed by atoms with Gasteiger partial charge in [0.05, 0.1) is 6.61 Å². The molecular weight excluding hydrogens is 246 g/mol. The fourth-order valence-electron chi connectivity index (χ4n) is 2.54. The zero-order valence-corrected chi connectivity index (χ0v) is 11.6. The number of nitrogens with zero attached hydrogens (tertiary/aromatic N) is 1. The van der Waals surface area contributed by atoms with Gasteiger partial charge in [0.15, 0.2) is 0 Å². The fraction of sp³-hybridized carbons (Fsp3) is 0.571. The average Bonchev–Trinajstić information content (AvgIpc) is 2.39. The Balaban J connectivity index is 2.05. The van der Waals surface area contributed by atoms with Crippen LogP contribution in [0.25, 0.3) is 0 Å². The largest absolute Gasteiger partial charge is 0.393 e. The molecule has 4 heteroatoms. The number of likely N-dealkylation sites (tertiary alicyclic amines) is 1. The Morgan fingerprint density at radius 1 is 1.39 bits per heavy atom. The molecule has 100 valence electrons. The first-order chi connectivity index (χ1) is 8.67. The first kappa shape index (κ1) is 13.9. The van der Waals surface area contributed by atoms with E-state index in [0.29, 0.717) is 13.0 Å². The second-order valence-corrected chi connectivity index (χ2v) is 5.86. The van der Waals surface area contributed by atoms with Crippen molar-refractivity contribution in [2.24, 2.45) is 0 Å². The second kappa shape index (κ2) is 6.06. The molecule has 2 N–H and O–H groups in total. The molecule has 0 bridgehead atoms. The van der Waals surface area contributed by atoms with Gasteiger partial charge >= 0.3 is 0 Å². The monoisotopic (exact) mass is 267 g/mol. The molecule has 1 fully saturated rings. The minimum Gasteiger partial charge on any atom is -0.393 e. The number of rotatable bonds is 4. The molecule has 1 aliphatic heterocycles. The summed E-state index contributed by atoms with van der Waals surface area (Å²) in [5, 5.41) is 19.4. The predicted octanol–water partition coefficient (Wildman–Crippen LogP) is 1.73. The van der Waals surface area contributed by atoms with E-state index >= 15 is 0 Å². The van der Waals surface area contributed by atoms with Crippen molar-refractivity contribution in [2.75, 3.05) is 26.0 Å². The molecule has 1 heterocycles. The second-order valence-electron chi connectivity index (χ2n) is 5.01. The summed E-state index contributed by atoms with van der Waals surface area (Å²) in [7, 11) is 0. The van der Waals surface area contributed by atoms with Gasteiger partial charge in [-0.2, -0.15) is 0 Å². The molecule has 1 saturated heterocycles. The van der Waals surface area contributed by atoms with Crippen molar-refractivity contribution in [2.45, 2.75) is 29.9 Å². The van der Waals surface area contributed by atoms with Crippen molar-refractivity contribution in [3.63, 3.8) is 0 Å². The summed E-state index contributed by atoms with van der Waals surface area (Å²) < 4.78 is 0. The zero-order valence-electron chi connectivity index (χ0n) is 10.8. The zero-order chi connectivity index (χ0) is 13.0. The van der Waals surface area contributed by atoms with Crippen molar-refractivity contribution in [1.29, 1.82) is 0 Å². The van der Waals surface area contributed by atoms with E-state index in [0.717, 1.165) is 19.5 Å². The lowest BCUT2D eigenvalue weighted by atomic mass is 9.93. The van der Waals surface area contributed by atoms with Crippen LogP contribution in [0.3, 0.4) is 0 Å². The van der Waals surface area contributed by atoms with E-state index in [-0.39, 0.29) is 6.61 Å². The summed E-state index contributed by atoms with van der Waals surface area (Å²) in [5.41, 5.74) is 0.388. The van der Waals surface area contributed by atoms with Crippen molar-refractivity contribution in [3.05, 3.63) is 29.8 Å². The smallest absolute Gasteiger partial charge is 0.100 e. The molecule has 18 heavy (non-hydrogen) atoms. The molecule has 0 aromatic heterocycles. The summed E-state index contributed by atoms with van der Waals surface area (Å²) in [6.07, 6.45) is 3.72. The van der Waals surface area contributed by atoms with Gasteiger partial charge < -0.3 is 10.2 Å². The maximum absolute atomic E-state index is 10.2. The number of hydrogen-bond acceptors (Lipinski definition) is 4. The summed E-state index contributed by atoms with van der Waals surface area (Å²) in [4.78, 5) is 3.52. The van der Waals surface area contributed by atoms with E-state index in [4.69, 9.17) is 0 Å². The van der Waals surface area contributed by atoms with Crippen molar-refractivity contribution >= 4 is 11.8 Å². The average molecular weight is 267 g/mol. The van der Waals surface area contributed by atoms with Gasteiger partial charge in [0.1, 0.15) is 5.60 Å². The van der Waals surface area contributed by atoms with Crippen LogP contribution < -0.4 is 0 Å². The Labute approximate surface area is 113 Å². The topological polar surface area (TPSA) is 43.7 Å². The fourth-order valence-corrected chi connectivity index (χ4v) is 3.15. The predicted molar refractivity (Wildman–Crippen MR) is 74.8 cm³/mol. The lowest BCUT2D eigenvalue weighted by Crippen LogP contribution is -2.50. The molecule has 3 nitrogen and oxygen atoms in total. The van der Waals surface area contributed by atoms with Gasteiger partial charge in [-0.25, -0.2) is 0 Å². The Morgan fingerprint density at radius 3 is 2.89 bits per heavy atom. The SMILES string of the molecule is CSc1ccccc1CN1CCC[C@@](O)(CO)C1. The van der Waals surface area contributed by atoms with Gasteiger partial charge in [0, 0.05) is 18.0 Å². The van der Waals surface area contributed by atoms with E-state index in [9.17, 15) is 10.2 Å². The summed E-state index contributed by atoms with van der Waals surface area (Å²) >= 11 is 1.75. The van der Waals surface area contributed by atoms with Gasteiger partial charge in [-0.05, 0) is 37.3 Å². The normalized spacial score (nSPS) is 25.3. The Hall–Kier alpha value is -0.550. The van der Waals surface area contributed by atoms with Crippen molar-refractivity contribution in [1.82, 2.24) is 4.90 Å². The number of aliphatic hydroxyl groups is 2. The molecule has 0 unspecified atom stereocenters. The van der Waals surface area contributed by atoms with Crippen LogP contribution in [0.15, 0.2) is 29.2 Å². The van der Waals surface area contributed by atoms with E-state index in [1.165, 1.54) is 10.5 Å². The van der Waals surface area contributed by atoms with E-state index in [1.807, 2.05) is 0 Å². The van der Waals surface area contributed by atoms with Crippen LogP contribution in [-0.2, 0) is 6.54 Å². The highest BCUT2D eigenvalue weighted by Gasteiger charge is 2.32. The lowest BCUT2D eigenvalue weighted by Gasteiger charge is -2.38. The quantitative estimate of drug-likeness (QED) is 0.815.